The van der Waals surface area contributed by atoms with Crippen LogP contribution in [0.1, 0.15) is 0 Å². The second-order valence-electron chi connectivity index (χ2n) is 5.47. The fraction of sp³-hybridized carbons (Fsp3) is 0.167. The van der Waals surface area contributed by atoms with Gasteiger partial charge < -0.3 is 19.7 Å². The number of para-hydroxylation sites is 1. The number of ether oxygens (including phenoxy) is 2. The number of alkyl halides is 3. The standard InChI is InChI=1S/C18H15F3N2O4/c19-18(20,21)27-15-4-2-1-3-13(15)14-6-5-12(11-22-14)26-10-9-23-16(24)7-8-17(23)25/h1-8,11,24-25H,9-10H2. The van der Waals surface area contributed by atoms with Crippen LogP contribution >= 0.6 is 0 Å². The van der Waals surface area contributed by atoms with Crippen LogP contribution in [-0.4, -0.2) is 32.7 Å². The summed E-state index contributed by atoms with van der Waals surface area (Å²) >= 11 is 0. The lowest BCUT2D eigenvalue weighted by atomic mass is 10.1. The second-order valence-corrected chi connectivity index (χ2v) is 5.47. The summed E-state index contributed by atoms with van der Waals surface area (Å²) < 4.78 is 48.3. The Balaban J connectivity index is 1.67. The van der Waals surface area contributed by atoms with Crippen molar-refractivity contribution in [3.63, 3.8) is 0 Å². The van der Waals surface area contributed by atoms with Gasteiger partial charge in [-0.25, -0.2) is 0 Å². The van der Waals surface area contributed by atoms with Crippen molar-refractivity contribution in [2.45, 2.75) is 12.9 Å². The lowest BCUT2D eigenvalue weighted by molar-refractivity contribution is -0.274. The van der Waals surface area contributed by atoms with Crippen LogP contribution in [0.15, 0.2) is 54.7 Å². The van der Waals surface area contributed by atoms with Crippen molar-refractivity contribution in [3.05, 3.63) is 54.7 Å². The molecule has 1 aromatic carbocycles. The molecule has 2 N–H and O–H groups in total. The molecule has 0 amide bonds. The second kappa shape index (κ2) is 7.48. The van der Waals surface area contributed by atoms with Crippen molar-refractivity contribution in [2.75, 3.05) is 6.61 Å². The maximum Gasteiger partial charge on any atom is 0.573 e. The van der Waals surface area contributed by atoms with E-state index in [9.17, 15) is 23.4 Å². The maximum atomic E-state index is 12.5. The van der Waals surface area contributed by atoms with Crippen LogP contribution in [0.25, 0.3) is 11.3 Å². The number of halogens is 3. The van der Waals surface area contributed by atoms with E-state index in [2.05, 4.69) is 9.72 Å². The molecule has 0 spiro atoms. The van der Waals surface area contributed by atoms with E-state index in [4.69, 9.17) is 4.74 Å². The predicted molar refractivity (Wildman–Crippen MR) is 89.6 cm³/mol. The number of hydrogen-bond donors (Lipinski definition) is 2. The van der Waals surface area contributed by atoms with Crippen LogP contribution in [-0.2, 0) is 6.54 Å². The number of pyridine rings is 1. The van der Waals surface area contributed by atoms with Crippen LogP contribution in [0.2, 0.25) is 0 Å². The Bertz CT molecular complexity index is 888. The Hall–Kier alpha value is -3.36. The third-order valence-corrected chi connectivity index (χ3v) is 3.64. The van der Waals surface area contributed by atoms with E-state index in [1.165, 1.54) is 47.2 Å². The third kappa shape index (κ3) is 4.63. The van der Waals surface area contributed by atoms with Crippen LogP contribution in [0.3, 0.4) is 0 Å². The minimum Gasteiger partial charge on any atom is -0.494 e. The Labute approximate surface area is 152 Å². The minimum absolute atomic E-state index is 0.0918. The van der Waals surface area contributed by atoms with Gasteiger partial charge in [0.25, 0.3) is 0 Å². The zero-order valence-corrected chi connectivity index (χ0v) is 13.8. The summed E-state index contributed by atoms with van der Waals surface area (Å²) in [7, 11) is 0. The van der Waals surface area contributed by atoms with Crippen LogP contribution in [0, 0.1) is 0 Å². The summed E-state index contributed by atoms with van der Waals surface area (Å²) in [5.41, 5.74) is 0.492. The van der Waals surface area contributed by atoms with E-state index < -0.39 is 6.36 Å². The highest BCUT2D eigenvalue weighted by Gasteiger charge is 2.32. The van der Waals surface area contributed by atoms with Gasteiger partial charge in [0.2, 0.25) is 0 Å². The SMILES string of the molecule is Oc1ccc(O)n1CCOc1ccc(-c2ccccc2OC(F)(F)F)nc1. The fourth-order valence-electron chi connectivity index (χ4n) is 2.45. The molecule has 0 atom stereocenters. The molecule has 3 rings (SSSR count). The molecule has 2 aromatic heterocycles. The van der Waals surface area contributed by atoms with Gasteiger partial charge in [0, 0.05) is 17.7 Å². The fourth-order valence-corrected chi connectivity index (χ4v) is 2.45. The molecule has 0 aliphatic carbocycles. The molecule has 6 nitrogen and oxygen atoms in total. The van der Waals surface area contributed by atoms with E-state index in [-0.39, 0.29) is 36.2 Å². The zero-order chi connectivity index (χ0) is 19.4. The molecule has 0 bridgehead atoms. The molecule has 0 saturated heterocycles. The van der Waals surface area contributed by atoms with Crippen molar-refractivity contribution in [3.8, 4) is 34.5 Å². The maximum absolute atomic E-state index is 12.5. The smallest absolute Gasteiger partial charge is 0.494 e. The highest BCUT2D eigenvalue weighted by Crippen LogP contribution is 2.33. The van der Waals surface area contributed by atoms with Crippen molar-refractivity contribution in [2.24, 2.45) is 0 Å². The first-order valence-corrected chi connectivity index (χ1v) is 7.85. The van der Waals surface area contributed by atoms with Gasteiger partial charge in [-0.2, -0.15) is 0 Å². The van der Waals surface area contributed by atoms with E-state index in [0.717, 1.165) is 0 Å². The van der Waals surface area contributed by atoms with Gasteiger partial charge in [-0.1, -0.05) is 12.1 Å². The number of aromatic hydroxyl groups is 2. The van der Waals surface area contributed by atoms with Crippen molar-refractivity contribution in [1.29, 1.82) is 0 Å². The van der Waals surface area contributed by atoms with Crippen molar-refractivity contribution in [1.82, 2.24) is 9.55 Å². The molecule has 0 aliphatic heterocycles. The molecule has 27 heavy (non-hydrogen) atoms. The number of benzene rings is 1. The summed E-state index contributed by atoms with van der Waals surface area (Å²) in [5.74, 6) is -0.138. The quantitative estimate of drug-likeness (QED) is 0.677. The molecule has 0 unspecified atom stereocenters. The molecular formula is C18H15F3N2O4. The van der Waals surface area contributed by atoms with Gasteiger partial charge in [-0.15, -0.1) is 13.2 Å². The van der Waals surface area contributed by atoms with Gasteiger partial charge in [0.1, 0.15) is 18.1 Å². The molecule has 0 radical (unpaired) electrons. The molecule has 0 fully saturated rings. The van der Waals surface area contributed by atoms with E-state index in [1.54, 1.807) is 12.1 Å². The molecule has 2 heterocycles. The highest BCUT2D eigenvalue weighted by atomic mass is 19.4. The molecule has 142 valence electrons. The highest BCUT2D eigenvalue weighted by molar-refractivity contribution is 5.67. The summed E-state index contributed by atoms with van der Waals surface area (Å²) in [6.45, 7) is 0.347. The summed E-state index contributed by atoms with van der Waals surface area (Å²) in [5, 5.41) is 19.1. The van der Waals surface area contributed by atoms with Crippen molar-refractivity contribution >= 4 is 0 Å². The monoisotopic (exact) mass is 380 g/mol. The van der Waals surface area contributed by atoms with Crippen molar-refractivity contribution < 1.29 is 32.9 Å². The summed E-state index contributed by atoms with van der Waals surface area (Å²) in [6, 6.07) is 11.5. The Morgan fingerprint density at radius 2 is 1.67 bits per heavy atom. The first kappa shape index (κ1) is 18.4. The average molecular weight is 380 g/mol. The lowest BCUT2D eigenvalue weighted by Gasteiger charge is -2.13. The topological polar surface area (TPSA) is 76.7 Å². The van der Waals surface area contributed by atoms with E-state index >= 15 is 0 Å². The summed E-state index contributed by atoms with van der Waals surface area (Å²) in [6.07, 6.45) is -3.43. The Kier molecular flexibility index (Phi) is 5.11. The molecular weight excluding hydrogens is 365 g/mol. The first-order valence-electron chi connectivity index (χ1n) is 7.85. The van der Waals surface area contributed by atoms with Crippen LogP contribution in [0.5, 0.6) is 23.3 Å². The third-order valence-electron chi connectivity index (χ3n) is 3.64. The summed E-state index contributed by atoms with van der Waals surface area (Å²) in [4.78, 5) is 4.11. The van der Waals surface area contributed by atoms with E-state index in [0.29, 0.717) is 11.4 Å². The molecule has 0 saturated carbocycles. The Morgan fingerprint density at radius 3 is 2.30 bits per heavy atom. The molecule has 3 aromatic rings. The largest absolute Gasteiger partial charge is 0.573 e. The van der Waals surface area contributed by atoms with Gasteiger partial charge in [-0.05, 0) is 24.3 Å². The van der Waals surface area contributed by atoms with Crippen LogP contribution < -0.4 is 9.47 Å². The predicted octanol–water partition coefficient (Wildman–Crippen LogP) is 3.94. The molecule has 9 heteroatoms. The van der Waals surface area contributed by atoms with E-state index in [1.807, 2.05) is 0 Å². The molecule has 0 aliphatic rings. The van der Waals surface area contributed by atoms with Gasteiger partial charge in [0.15, 0.2) is 11.8 Å². The minimum atomic E-state index is -4.80. The Morgan fingerprint density at radius 1 is 0.963 bits per heavy atom. The van der Waals surface area contributed by atoms with Gasteiger partial charge in [-0.3, -0.25) is 9.55 Å². The van der Waals surface area contributed by atoms with Gasteiger partial charge >= 0.3 is 6.36 Å². The average Bonchev–Trinajstić information content (AvgIpc) is 2.93. The van der Waals surface area contributed by atoms with Crippen LogP contribution in [0.4, 0.5) is 13.2 Å². The normalized spacial score (nSPS) is 11.4. The number of hydrogen-bond acceptors (Lipinski definition) is 5. The number of rotatable bonds is 6. The number of nitrogens with zero attached hydrogens (tertiary/aromatic N) is 2. The van der Waals surface area contributed by atoms with Gasteiger partial charge in [0.05, 0.1) is 18.4 Å². The zero-order valence-electron chi connectivity index (χ0n) is 13.8. The first-order chi connectivity index (χ1) is 12.8. The lowest BCUT2D eigenvalue weighted by Crippen LogP contribution is -2.17. The number of aromatic nitrogens is 2.